The van der Waals surface area contributed by atoms with Crippen LogP contribution in [0.4, 0.5) is 0 Å². The molecule has 14 heavy (non-hydrogen) atoms. The molecule has 2 heterocycles. The monoisotopic (exact) mass is 274 g/mol. The van der Waals surface area contributed by atoms with Crippen LogP contribution in [0.3, 0.4) is 0 Å². The second-order valence-corrected chi connectivity index (χ2v) is 5.39. The fourth-order valence-electron chi connectivity index (χ4n) is 1.33. The lowest BCUT2D eigenvalue weighted by atomic mass is 10.3. The fraction of sp³-hybridized carbons (Fsp3) is 0.400. The average Bonchev–Trinajstić information content (AvgIpc) is 2.69. The Balaban J connectivity index is 2.05. The molecule has 0 saturated carbocycles. The number of thiophene rings is 1. The Kier molecular flexibility index (Phi) is 3.38. The van der Waals surface area contributed by atoms with Gasteiger partial charge in [-0.15, -0.1) is 11.3 Å². The molecule has 2 nitrogen and oxygen atoms in total. The third-order valence-corrected chi connectivity index (χ3v) is 3.29. The van der Waals surface area contributed by atoms with Gasteiger partial charge in [0, 0.05) is 11.3 Å². The summed E-state index contributed by atoms with van der Waals surface area (Å²) >= 11 is 5.07. The lowest BCUT2D eigenvalue weighted by Gasteiger charge is -2.04. The molecule has 1 aliphatic heterocycles. The van der Waals surface area contributed by atoms with Gasteiger partial charge in [0.2, 0.25) is 0 Å². The van der Waals surface area contributed by atoms with Crippen molar-refractivity contribution in [3.05, 3.63) is 32.9 Å². The van der Waals surface area contributed by atoms with E-state index in [0.29, 0.717) is 13.2 Å². The van der Waals surface area contributed by atoms with E-state index in [9.17, 15) is 0 Å². The van der Waals surface area contributed by atoms with Crippen molar-refractivity contribution in [1.82, 2.24) is 0 Å². The Morgan fingerprint density at radius 3 is 2.86 bits per heavy atom. The van der Waals surface area contributed by atoms with E-state index in [4.69, 9.17) is 9.47 Å². The zero-order chi connectivity index (χ0) is 9.97. The van der Waals surface area contributed by atoms with Crippen molar-refractivity contribution in [3.8, 4) is 0 Å². The summed E-state index contributed by atoms with van der Waals surface area (Å²) in [5, 5.41) is 0. The highest BCUT2D eigenvalue weighted by atomic mass is 79.9. The smallest absolute Gasteiger partial charge is 0.193 e. The van der Waals surface area contributed by atoms with E-state index >= 15 is 0 Å². The Morgan fingerprint density at radius 2 is 2.21 bits per heavy atom. The predicted octanol–water partition coefficient (Wildman–Crippen LogP) is 3.24. The molecule has 0 radical (unpaired) electrons. The van der Waals surface area contributed by atoms with Gasteiger partial charge in [-0.05, 0) is 16.6 Å². The van der Waals surface area contributed by atoms with Gasteiger partial charge in [0.15, 0.2) is 6.29 Å². The number of rotatable bonds is 3. The predicted molar refractivity (Wildman–Crippen MR) is 60.7 cm³/mol. The van der Waals surface area contributed by atoms with Gasteiger partial charge in [-0.3, -0.25) is 0 Å². The molecule has 4 heteroatoms. The first kappa shape index (κ1) is 10.4. The second-order valence-electron chi connectivity index (χ2n) is 3.07. The molecular weight excluding hydrogens is 264 g/mol. The van der Waals surface area contributed by atoms with Crippen molar-refractivity contribution < 1.29 is 9.47 Å². The Bertz CT molecular complexity index is 329. The molecule has 0 amide bonds. The standard InChI is InChI=1S/C10H11BrO2S/c1-7(11)6-8-2-3-9(14-8)10-12-4-5-13-10/h2-3,10H,1,4-6H2. The zero-order valence-corrected chi connectivity index (χ0v) is 10.1. The highest BCUT2D eigenvalue weighted by Crippen LogP contribution is 2.30. The topological polar surface area (TPSA) is 18.5 Å². The van der Waals surface area contributed by atoms with Crippen LogP contribution in [0.2, 0.25) is 0 Å². The van der Waals surface area contributed by atoms with Crippen LogP contribution in [0.15, 0.2) is 23.2 Å². The van der Waals surface area contributed by atoms with Gasteiger partial charge in [0.05, 0.1) is 18.1 Å². The van der Waals surface area contributed by atoms with Crippen LogP contribution in [0.25, 0.3) is 0 Å². The summed E-state index contributed by atoms with van der Waals surface area (Å²) in [7, 11) is 0. The molecule has 0 aliphatic carbocycles. The van der Waals surface area contributed by atoms with Crippen molar-refractivity contribution in [2.75, 3.05) is 13.2 Å². The van der Waals surface area contributed by atoms with Gasteiger partial charge in [0.25, 0.3) is 0 Å². The lowest BCUT2D eigenvalue weighted by Crippen LogP contribution is -1.93. The van der Waals surface area contributed by atoms with Gasteiger partial charge >= 0.3 is 0 Å². The van der Waals surface area contributed by atoms with Gasteiger partial charge in [-0.25, -0.2) is 0 Å². The Morgan fingerprint density at radius 1 is 1.50 bits per heavy atom. The lowest BCUT2D eigenvalue weighted by molar-refractivity contribution is -0.0413. The van der Waals surface area contributed by atoms with Crippen LogP contribution in [-0.4, -0.2) is 13.2 Å². The molecule has 0 aromatic carbocycles. The van der Waals surface area contributed by atoms with E-state index in [1.54, 1.807) is 11.3 Å². The minimum absolute atomic E-state index is 0.141. The first-order valence-electron chi connectivity index (χ1n) is 4.41. The highest BCUT2D eigenvalue weighted by molar-refractivity contribution is 9.11. The molecule has 1 aliphatic rings. The van der Waals surface area contributed by atoms with E-state index in [2.05, 4.69) is 34.6 Å². The molecule has 1 aromatic heterocycles. The van der Waals surface area contributed by atoms with Crippen LogP contribution in [-0.2, 0) is 15.9 Å². The van der Waals surface area contributed by atoms with E-state index < -0.39 is 0 Å². The van der Waals surface area contributed by atoms with Crippen LogP contribution in [0.5, 0.6) is 0 Å². The number of halogens is 1. The molecule has 0 atom stereocenters. The van der Waals surface area contributed by atoms with E-state index in [1.807, 2.05) is 0 Å². The summed E-state index contributed by atoms with van der Waals surface area (Å²) in [6.07, 6.45) is 0.731. The van der Waals surface area contributed by atoms with E-state index in [1.165, 1.54) is 4.88 Å². The molecule has 1 fully saturated rings. The zero-order valence-electron chi connectivity index (χ0n) is 7.66. The molecular formula is C10H11BrO2S. The van der Waals surface area contributed by atoms with Crippen LogP contribution < -0.4 is 0 Å². The molecule has 0 spiro atoms. The molecule has 1 saturated heterocycles. The van der Waals surface area contributed by atoms with Gasteiger partial charge in [0.1, 0.15) is 0 Å². The number of ether oxygens (including phenoxy) is 2. The first-order valence-corrected chi connectivity index (χ1v) is 6.02. The Labute approximate surface area is 95.7 Å². The van der Waals surface area contributed by atoms with Gasteiger partial charge in [-0.1, -0.05) is 22.5 Å². The van der Waals surface area contributed by atoms with Crippen molar-refractivity contribution >= 4 is 27.3 Å². The fourth-order valence-corrected chi connectivity index (χ4v) is 2.87. The van der Waals surface area contributed by atoms with Crippen LogP contribution >= 0.6 is 27.3 Å². The number of hydrogen-bond acceptors (Lipinski definition) is 3. The maximum absolute atomic E-state index is 5.41. The summed E-state index contributed by atoms with van der Waals surface area (Å²) < 4.78 is 11.8. The third-order valence-electron chi connectivity index (χ3n) is 1.90. The third kappa shape index (κ3) is 2.45. The second kappa shape index (κ2) is 4.57. The summed E-state index contributed by atoms with van der Waals surface area (Å²) in [5.41, 5.74) is 0. The van der Waals surface area contributed by atoms with Gasteiger partial charge in [-0.2, -0.15) is 0 Å². The highest BCUT2D eigenvalue weighted by Gasteiger charge is 2.19. The van der Waals surface area contributed by atoms with Crippen molar-refractivity contribution in [2.24, 2.45) is 0 Å². The van der Waals surface area contributed by atoms with E-state index in [-0.39, 0.29) is 6.29 Å². The van der Waals surface area contributed by atoms with Gasteiger partial charge < -0.3 is 9.47 Å². The molecule has 2 rings (SSSR count). The van der Waals surface area contributed by atoms with Crippen molar-refractivity contribution in [3.63, 3.8) is 0 Å². The normalized spacial score (nSPS) is 17.5. The molecule has 0 bridgehead atoms. The van der Waals surface area contributed by atoms with E-state index in [0.717, 1.165) is 15.8 Å². The van der Waals surface area contributed by atoms with Crippen LogP contribution in [0.1, 0.15) is 16.0 Å². The minimum atomic E-state index is -0.141. The molecule has 1 aromatic rings. The summed E-state index contributed by atoms with van der Waals surface area (Å²) in [6.45, 7) is 5.21. The maximum atomic E-state index is 5.41. The minimum Gasteiger partial charge on any atom is -0.345 e. The SMILES string of the molecule is C=C(Br)Cc1ccc(C2OCCO2)s1. The largest absolute Gasteiger partial charge is 0.345 e. The molecule has 0 N–H and O–H groups in total. The summed E-state index contributed by atoms with van der Waals surface area (Å²) in [6, 6.07) is 4.16. The average molecular weight is 275 g/mol. The van der Waals surface area contributed by atoms with Crippen LogP contribution in [0, 0.1) is 0 Å². The van der Waals surface area contributed by atoms with Crippen molar-refractivity contribution in [2.45, 2.75) is 12.7 Å². The molecule has 0 unspecified atom stereocenters. The number of allylic oxidation sites excluding steroid dienone is 1. The van der Waals surface area contributed by atoms with Crippen molar-refractivity contribution in [1.29, 1.82) is 0 Å². The summed E-state index contributed by atoms with van der Waals surface area (Å²) in [5.74, 6) is 0. The quantitative estimate of drug-likeness (QED) is 0.843. The Hall–Kier alpha value is -0.160. The molecule has 76 valence electrons. The number of hydrogen-bond donors (Lipinski definition) is 0. The maximum Gasteiger partial charge on any atom is 0.193 e. The first-order chi connectivity index (χ1) is 6.75. The summed E-state index contributed by atoms with van der Waals surface area (Å²) in [4.78, 5) is 2.42.